The quantitative estimate of drug-likeness (QED) is 0.450. The van der Waals surface area contributed by atoms with Crippen LogP contribution >= 0.6 is 45.8 Å². The van der Waals surface area contributed by atoms with Gasteiger partial charge in [-0.2, -0.15) is 18.3 Å². The van der Waals surface area contributed by atoms with Crippen molar-refractivity contribution in [1.82, 2.24) is 14.8 Å². The Morgan fingerprint density at radius 2 is 1.87 bits per heavy atom. The number of carbonyl (C=O) groups excluding carboxylic acids is 2. The Hall–Kier alpha value is -2.38. The summed E-state index contributed by atoms with van der Waals surface area (Å²) in [5.74, 6) is -2.11. The van der Waals surface area contributed by atoms with Crippen molar-refractivity contribution in [3.63, 3.8) is 0 Å². The Bertz CT molecular complexity index is 1170. The van der Waals surface area contributed by atoms with Crippen LogP contribution in [0, 0.1) is 3.57 Å². The van der Waals surface area contributed by atoms with Crippen molar-refractivity contribution in [3.8, 4) is 5.82 Å². The zero-order valence-electron chi connectivity index (χ0n) is 14.5. The highest BCUT2D eigenvalue weighted by molar-refractivity contribution is 14.1. The molecule has 3 rings (SSSR count). The van der Waals surface area contributed by atoms with Crippen LogP contribution in [0.5, 0.6) is 0 Å². The van der Waals surface area contributed by atoms with Crippen molar-refractivity contribution in [2.75, 3.05) is 5.32 Å². The van der Waals surface area contributed by atoms with E-state index in [1.807, 2.05) is 22.6 Å². The molecule has 2 amide bonds. The number of carbonyl (C=O) groups is 2. The minimum Gasteiger partial charge on any atom is -0.366 e. The Labute approximate surface area is 190 Å². The minimum atomic E-state index is -4.83. The number of anilines is 1. The summed E-state index contributed by atoms with van der Waals surface area (Å²) in [4.78, 5) is 28.5. The molecule has 0 fully saturated rings. The Morgan fingerprint density at radius 3 is 2.47 bits per heavy atom. The number of aromatic nitrogens is 3. The number of nitrogens with one attached hydrogen (secondary N) is 1. The standard InChI is InChI=1S/C17H9Cl2F3IN5O2/c18-9-2-1-3-25-15(9)28-11(6-12(27-28)17(20,21)22)16(30)26-13-8(14(24)29)4-7(23)5-10(13)19/h1-6H,(H2,24,29)(H,26,30). The first-order valence-electron chi connectivity index (χ1n) is 7.87. The third kappa shape index (κ3) is 4.52. The number of hydrogen-bond acceptors (Lipinski definition) is 4. The maximum absolute atomic E-state index is 13.2. The van der Waals surface area contributed by atoms with Crippen molar-refractivity contribution in [2.24, 2.45) is 5.73 Å². The van der Waals surface area contributed by atoms with Gasteiger partial charge in [0.05, 0.1) is 21.3 Å². The van der Waals surface area contributed by atoms with E-state index >= 15 is 0 Å². The Kier molecular flexibility index (Phi) is 6.24. The predicted molar refractivity (Wildman–Crippen MR) is 112 cm³/mol. The molecule has 3 aromatic rings. The van der Waals surface area contributed by atoms with Gasteiger partial charge in [0, 0.05) is 15.8 Å². The third-order valence-corrected chi connectivity index (χ3v) is 4.95. The molecule has 0 bridgehead atoms. The molecule has 0 saturated carbocycles. The van der Waals surface area contributed by atoms with Crippen molar-refractivity contribution < 1.29 is 22.8 Å². The molecular formula is C17H9Cl2F3IN5O2. The van der Waals surface area contributed by atoms with E-state index < -0.39 is 29.4 Å². The monoisotopic (exact) mass is 569 g/mol. The molecule has 30 heavy (non-hydrogen) atoms. The summed E-state index contributed by atoms with van der Waals surface area (Å²) in [5.41, 5.74) is 3.19. The molecule has 156 valence electrons. The normalized spacial score (nSPS) is 11.4. The van der Waals surface area contributed by atoms with Gasteiger partial charge in [0.25, 0.3) is 11.8 Å². The average molecular weight is 570 g/mol. The molecule has 0 atom stereocenters. The second kappa shape index (κ2) is 8.40. The highest BCUT2D eigenvalue weighted by Gasteiger charge is 2.36. The molecule has 0 aliphatic carbocycles. The number of alkyl halides is 3. The van der Waals surface area contributed by atoms with Crippen LogP contribution in [0.4, 0.5) is 18.9 Å². The van der Waals surface area contributed by atoms with Crippen molar-refractivity contribution >= 4 is 63.3 Å². The molecule has 13 heteroatoms. The van der Waals surface area contributed by atoms with Crippen LogP contribution < -0.4 is 11.1 Å². The van der Waals surface area contributed by atoms with Gasteiger partial charge in [0.15, 0.2) is 11.5 Å². The minimum absolute atomic E-state index is 0.0259. The van der Waals surface area contributed by atoms with Crippen LogP contribution in [0.3, 0.4) is 0 Å². The molecule has 0 aliphatic heterocycles. The second-order valence-electron chi connectivity index (χ2n) is 5.76. The first-order chi connectivity index (χ1) is 14.0. The van der Waals surface area contributed by atoms with Gasteiger partial charge in [-0.1, -0.05) is 23.2 Å². The number of pyridine rings is 1. The van der Waals surface area contributed by atoms with Crippen LogP contribution in [0.2, 0.25) is 10.0 Å². The molecular weight excluding hydrogens is 561 g/mol. The zero-order chi connectivity index (χ0) is 22.2. The topological polar surface area (TPSA) is 103 Å². The summed E-state index contributed by atoms with van der Waals surface area (Å²) < 4.78 is 40.9. The van der Waals surface area contributed by atoms with E-state index in [1.54, 1.807) is 0 Å². The molecule has 0 spiro atoms. The van der Waals surface area contributed by atoms with E-state index in [-0.39, 0.29) is 27.1 Å². The van der Waals surface area contributed by atoms with Crippen LogP contribution in [-0.2, 0) is 6.18 Å². The Balaban J connectivity index is 2.13. The number of nitrogens with zero attached hydrogens (tertiary/aromatic N) is 3. The molecule has 3 N–H and O–H groups in total. The van der Waals surface area contributed by atoms with Crippen molar-refractivity contribution in [1.29, 1.82) is 0 Å². The van der Waals surface area contributed by atoms with E-state index in [1.165, 1.54) is 30.5 Å². The lowest BCUT2D eigenvalue weighted by Gasteiger charge is -2.13. The molecule has 2 heterocycles. The average Bonchev–Trinajstić information content (AvgIpc) is 3.09. The predicted octanol–water partition coefficient (Wildman–Crippen LogP) is 4.55. The SMILES string of the molecule is NC(=O)c1cc(I)cc(Cl)c1NC(=O)c1cc(C(F)(F)F)nn1-c1ncccc1Cl. The van der Waals surface area contributed by atoms with Crippen molar-refractivity contribution in [2.45, 2.75) is 6.18 Å². The Morgan fingerprint density at radius 1 is 1.17 bits per heavy atom. The fourth-order valence-corrected chi connectivity index (χ4v) is 3.72. The molecule has 0 radical (unpaired) electrons. The van der Waals surface area contributed by atoms with Gasteiger partial charge in [-0.05, 0) is 46.9 Å². The van der Waals surface area contributed by atoms with Gasteiger partial charge in [-0.3, -0.25) is 9.59 Å². The molecule has 7 nitrogen and oxygen atoms in total. The number of primary amides is 1. The van der Waals surface area contributed by atoms with Crippen molar-refractivity contribution in [3.05, 3.63) is 67.1 Å². The van der Waals surface area contributed by atoms with Gasteiger partial charge < -0.3 is 11.1 Å². The number of rotatable bonds is 4. The second-order valence-corrected chi connectivity index (χ2v) is 7.82. The lowest BCUT2D eigenvalue weighted by Crippen LogP contribution is -2.21. The third-order valence-electron chi connectivity index (χ3n) is 3.73. The summed E-state index contributed by atoms with van der Waals surface area (Å²) in [6.45, 7) is 0. The van der Waals surface area contributed by atoms with Gasteiger partial charge in [0.1, 0.15) is 5.69 Å². The van der Waals surface area contributed by atoms with Crippen LogP contribution in [0.1, 0.15) is 26.5 Å². The molecule has 0 saturated heterocycles. The van der Waals surface area contributed by atoms with E-state index in [0.29, 0.717) is 14.3 Å². The number of hydrogen-bond donors (Lipinski definition) is 2. The van der Waals surface area contributed by atoms with E-state index in [9.17, 15) is 22.8 Å². The highest BCUT2D eigenvalue weighted by atomic mass is 127. The van der Waals surface area contributed by atoms with Crippen LogP contribution in [-0.4, -0.2) is 26.6 Å². The number of benzene rings is 1. The van der Waals surface area contributed by atoms with Gasteiger partial charge in [-0.25, -0.2) is 9.67 Å². The zero-order valence-corrected chi connectivity index (χ0v) is 18.1. The van der Waals surface area contributed by atoms with Crippen LogP contribution in [0.25, 0.3) is 5.82 Å². The first-order valence-corrected chi connectivity index (χ1v) is 9.71. The molecule has 0 unspecified atom stereocenters. The van der Waals surface area contributed by atoms with E-state index in [0.717, 1.165) is 0 Å². The van der Waals surface area contributed by atoms with Gasteiger partial charge >= 0.3 is 6.18 Å². The number of nitrogens with two attached hydrogens (primary N) is 1. The lowest BCUT2D eigenvalue weighted by atomic mass is 10.1. The summed E-state index contributed by atoms with van der Waals surface area (Å²) in [6, 6.07) is 6.19. The fraction of sp³-hybridized carbons (Fsp3) is 0.0588. The summed E-state index contributed by atoms with van der Waals surface area (Å²) in [7, 11) is 0. The summed E-state index contributed by atoms with van der Waals surface area (Å²) >= 11 is 14.0. The first kappa shape index (κ1) is 22.3. The molecule has 0 aliphatic rings. The van der Waals surface area contributed by atoms with Crippen LogP contribution in [0.15, 0.2) is 36.5 Å². The fourth-order valence-electron chi connectivity index (χ4n) is 2.45. The highest BCUT2D eigenvalue weighted by Crippen LogP contribution is 2.32. The number of halogens is 6. The number of amides is 2. The maximum atomic E-state index is 13.2. The smallest absolute Gasteiger partial charge is 0.366 e. The largest absolute Gasteiger partial charge is 0.435 e. The molecule has 1 aromatic carbocycles. The van der Waals surface area contributed by atoms with Gasteiger partial charge in [-0.15, -0.1) is 0 Å². The summed E-state index contributed by atoms with van der Waals surface area (Å²) in [5, 5.41) is 5.69. The lowest BCUT2D eigenvalue weighted by molar-refractivity contribution is -0.141. The molecule has 2 aromatic heterocycles. The summed E-state index contributed by atoms with van der Waals surface area (Å²) in [6.07, 6.45) is -3.56. The van der Waals surface area contributed by atoms with E-state index in [4.69, 9.17) is 28.9 Å². The maximum Gasteiger partial charge on any atom is 0.435 e. The van der Waals surface area contributed by atoms with E-state index in [2.05, 4.69) is 15.4 Å². The van der Waals surface area contributed by atoms with Gasteiger partial charge in [0.2, 0.25) is 0 Å².